The van der Waals surface area contributed by atoms with Gasteiger partial charge in [0.2, 0.25) is 0 Å². The van der Waals surface area contributed by atoms with Gasteiger partial charge in [0.1, 0.15) is 6.54 Å². The third kappa shape index (κ3) is 4.91. The SMILES string of the molecule is C=c1cccc/c1=C/N(C)[C@@H](C)C(C)N(CC(=O)O)/N=C\C. The Bertz CT molecular complexity index is 627. The minimum atomic E-state index is -0.889. The Morgan fingerprint density at radius 2 is 2.00 bits per heavy atom. The van der Waals surface area contributed by atoms with E-state index < -0.39 is 5.97 Å². The van der Waals surface area contributed by atoms with Crippen molar-refractivity contribution < 1.29 is 9.90 Å². The van der Waals surface area contributed by atoms with Crippen molar-refractivity contribution in [3.8, 4) is 0 Å². The Labute approximate surface area is 131 Å². The van der Waals surface area contributed by atoms with Crippen LogP contribution in [0.2, 0.25) is 0 Å². The molecule has 0 aliphatic carbocycles. The maximum atomic E-state index is 11.0. The number of hydrogen-bond acceptors (Lipinski definition) is 4. The summed E-state index contributed by atoms with van der Waals surface area (Å²) in [6.07, 6.45) is 3.64. The highest BCUT2D eigenvalue weighted by molar-refractivity contribution is 5.69. The van der Waals surface area contributed by atoms with E-state index in [0.29, 0.717) is 0 Å². The van der Waals surface area contributed by atoms with Crippen molar-refractivity contribution >= 4 is 25.0 Å². The molecule has 1 unspecified atom stereocenters. The molecule has 0 aliphatic heterocycles. The van der Waals surface area contributed by atoms with E-state index in [2.05, 4.69) is 16.6 Å². The molecule has 1 aromatic carbocycles. The summed E-state index contributed by atoms with van der Waals surface area (Å²) in [5.41, 5.74) is 0. The minimum absolute atomic E-state index is 0.0504. The molecule has 1 N–H and O–H groups in total. The van der Waals surface area contributed by atoms with E-state index in [1.165, 1.54) is 0 Å². The van der Waals surface area contributed by atoms with Crippen LogP contribution in [0, 0.1) is 0 Å². The lowest BCUT2D eigenvalue weighted by molar-refractivity contribution is -0.139. The molecule has 0 amide bonds. The third-order valence-corrected chi connectivity index (χ3v) is 3.77. The Morgan fingerprint density at radius 1 is 1.36 bits per heavy atom. The fourth-order valence-electron chi connectivity index (χ4n) is 2.16. The molecule has 0 radical (unpaired) electrons. The highest BCUT2D eigenvalue weighted by Crippen LogP contribution is 2.10. The first-order valence-electron chi connectivity index (χ1n) is 7.31. The molecule has 0 saturated carbocycles. The van der Waals surface area contributed by atoms with Gasteiger partial charge in [-0.1, -0.05) is 30.8 Å². The van der Waals surface area contributed by atoms with Crippen molar-refractivity contribution in [1.82, 2.24) is 9.91 Å². The van der Waals surface area contributed by atoms with Gasteiger partial charge in [0, 0.05) is 25.5 Å². The molecule has 5 nitrogen and oxygen atoms in total. The second kappa shape index (κ2) is 8.22. The molecule has 0 saturated heterocycles. The van der Waals surface area contributed by atoms with Gasteiger partial charge in [0.25, 0.3) is 0 Å². The fourth-order valence-corrected chi connectivity index (χ4v) is 2.16. The predicted octanol–water partition coefficient (Wildman–Crippen LogP) is 0.936. The van der Waals surface area contributed by atoms with Crippen LogP contribution < -0.4 is 10.4 Å². The standard InChI is InChI=1S/C17H25N3O2/c1-6-18-20(12-17(21)22)15(4)14(3)19(5)11-16-10-8-7-9-13(16)2/h6-11,14-15H,2,12H2,1,3-5H3,(H,21,22)/b16-11-,18-6-/t14-,15?/m0/s1. The second-order valence-corrected chi connectivity index (χ2v) is 5.34. The molecule has 0 bridgehead atoms. The van der Waals surface area contributed by atoms with E-state index in [4.69, 9.17) is 5.11 Å². The largest absolute Gasteiger partial charge is 0.480 e. The topological polar surface area (TPSA) is 56.1 Å². The molecule has 0 fully saturated rings. The normalized spacial score (nSPS) is 14.8. The van der Waals surface area contributed by atoms with Crippen LogP contribution in [0.3, 0.4) is 0 Å². The molecule has 1 aromatic rings. The van der Waals surface area contributed by atoms with Gasteiger partial charge in [-0.15, -0.1) is 0 Å². The Morgan fingerprint density at radius 3 is 2.55 bits per heavy atom. The molecule has 22 heavy (non-hydrogen) atoms. The maximum absolute atomic E-state index is 11.0. The highest BCUT2D eigenvalue weighted by atomic mass is 16.4. The number of likely N-dealkylation sites (N-methyl/N-ethyl adjacent to an activating group) is 1. The fraction of sp³-hybridized carbons (Fsp3) is 0.412. The van der Waals surface area contributed by atoms with E-state index in [9.17, 15) is 4.79 Å². The number of carboxylic acids is 1. The molecule has 0 heterocycles. The van der Waals surface area contributed by atoms with E-state index in [1.807, 2.05) is 51.4 Å². The van der Waals surface area contributed by atoms with Crippen LogP contribution in [0.5, 0.6) is 0 Å². The summed E-state index contributed by atoms with van der Waals surface area (Å²) in [7, 11) is 1.97. The molecule has 2 atom stereocenters. The Balaban J connectivity index is 2.95. The summed E-state index contributed by atoms with van der Waals surface area (Å²) in [5.74, 6) is -0.889. The van der Waals surface area contributed by atoms with Gasteiger partial charge in [0.05, 0.1) is 6.04 Å². The van der Waals surface area contributed by atoms with E-state index in [0.717, 1.165) is 10.4 Å². The first kappa shape index (κ1) is 17.8. The quantitative estimate of drug-likeness (QED) is 0.601. The van der Waals surface area contributed by atoms with Crippen LogP contribution in [0.15, 0.2) is 29.4 Å². The highest BCUT2D eigenvalue weighted by Gasteiger charge is 2.22. The number of hydrogen-bond donors (Lipinski definition) is 1. The summed E-state index contributed by atoms with van der Waals surface area (Å²) in [5, 5.41) is 16.8. The van der Waals surface area contributed by atoms with Gasteiger partial charge < -0.3 is 10.0 Å². The van der Waals surface area contributed by atoms with Crippen LogP contribution in [0.1, 0.15) is 20.8 Å². The summed E-state index contributed by atoms with van der Waals surface area (Å²) >= 11 is 0. The molecular weight excluding hydrogens is 278 g/mol. The van der Waals surface area contributed by atoms with Crippen molar-refractivity contribution in [3.05, 3.63) is 34.7 Å². The first-order valence-corrected chi connectivity index (χ1v) is 7.31. The molecule has 1 rings (SSSR count). The van der Waals surface area contributed by atoms with Gasteiger partial charge in [-0.2, -0.15) is 5.10 Å². The zero-order valence-corrected chi connectivity index (χ0v) is 13.7. The van der Waals surface area contributed by atoms with Crippen molar-refractivity contribution in [1.29, 1.82) is 0 Å². The van der Waals surface area contributed by atoms with E-state index in [1.54, 1.807) is 18.1 Å². The molecule has 0 aliphatic rings. The third-order valence-electron chi connectivity index (χ3n) is 3.77. The van der Waals surface area contributed by atoms with Gasteiger partial charge in [0.15, 0.2) is 0 Å². The van der Waals surface area contributed by atoms with E-state index >= 15 is 0 Å². The molecule has 120 valence electrons. The Hall–Kier alpha value is -2.30. The number of rotatable bonds is 7. The van der Waals surface area contributed by atoms with Crippen molar-refractivity contribution in [2.24, 2.45) is 5.10 Å². The maximum Gasteiger partial charge on any atom is 0.324 e. The lowest BCUT2D eigenvalue weighted by Crippen LogP contribution is -2.46. The number of carboxylic acid groups (broad SMARTS) is 1. The summed E-state index contributed by atoms with van der Waals surface area (Å²) in [4.78, 5) is 13.0. The van der Waals surface area contributed by atoms with Gasteiger partial charge in [-0.3, -0.25) is 9.80 Å². The smallest absolute Gasteiger partial charge is 0.324 e. The van der Waals surface area contributed by atoms with Gasteiger partial charge >= 0.3 is 5.97 Å². The number of carbonyl (C=O) groups is 1. The second-order valence-electron chi connectivity index (χ2n) is 5.34. The van der Waals surface area contributed by atoms with Gasteiger partial charge in [-0.25, -0.2) is 0 Å². The zero-order chi connectivity index (χ0) is 16.7. The van der Waals surface area contributed by atoms with Crippen LogP contribution in [0.4, 0.5) is 0 Å². The van der Waals surface area contributed by atoms with Crippen molar-refractivity contribution in [3.63, 3.8) is 0 Å². The van der Waals surface area contributed by atoms with Crippen LogP contribution in [0.25, 0.3) is 12.8 Å². The number of benzene rings is 1. The average Bonchev–Trinajstić information content (AvgIpc) is 2.47. The predicted molar refractivity (Wildman–Crippen MR) is 90.9 cm³/mol. The first-order chi connectivity index (χ1) is 10.4. The summed E-state index contributed by atoms with van der Waals surface area (Å²) in [6, 6.07) is 7.94. The zero-order valence-electron chi connectivity index (χ0n) is 13.7. The lowest BCUT2D eigenvalue weighted by Gasteiger charge is -2.34. The van der Waals surface area contributed by atoms with Gasteiger partial charge in [-0.05, 0) is 31.2 Å². The van der Waals surface area contributed by atoms with Crippen molar-refractivity contribution in [2.75, 3.05) is 13.6 Å². The number of aliphatic carboxylic acids is 1. The van der Waals surface area contributed by atoms with Crippen LogP contribution in [-0.2, 0) is 4.79 Å². The Kier molecular flexibility index (Phi) is 6.63. The molecular formula is C17H25N3O2. The minimum Gasteiger partial charge on any atom is -0.480 e. The lowest BCUT2D eigenvalue weighted by atomic mass is 10.1. The summed E-state index contributed by atoms with van der Waals surface area (Å²) < 4.78 is 0. The monoisotopic (exact) mass is 303 g/mol. The van der Waals surface area contributed by atoms with Crippen LogP contribution >= 0.6 is 0 Å². The van der Waals surface area contributed by atoms with E-state index in [-0.39, 0.29) is 18.6 Å². The van der Waals surface area contributed by atoms with Crippen molar-refractivity contribution in [2.45, 2.75) is 32.9 Å². The number of nitrogens with zero attached hydrogens (tertiary/aromatic N) is 3. The summed E-state index contributed by atoms with van der Waals surface area (Å²) in [6.45, 7) is 9.70. The number of hydrazone groups is 1. The molecule has 5 heteroatoms. The molecule has 0 spiro atoms. The average molecular weight is 303 g/mol. The van der Waals surface area contributed by atoms with Crippen LogP contribution in [-0.4, -0.2) is 52.9 Å². The molecule has 0 aromatic heterocycles.